The molecule has 3 rings (SSSR count). The fraction of sp³-hybridized carbons (Fsp3) is 0.250. The average molecular weight is 352 g/mol. The first-order valence-corrected chi connectivity index (χ1v) is 7.86. The van der Waals surface area contributed by atoms with Crippen molar-refractivity contribution in [1.29, 1.82) is 0 Å². The van der Waals surface area contributed by atoms with Gasteiger partial charge in [-0.1, -0.05) is 29.8 Å². The molecule has 0 aromatic heterocycles. The van der Waals surface area contributed by atoms with Crippen molar-refractivity contribution in [3.8, 4) is 0 Å². The lowest BCUT2D eigenvalue weighted by Crippen LogP contribution is -2.03. The zero-order chi connectivity index (χ0) is 14.1. The topological polar surface area (TPSA) is 24.1 Å². The van der Waals surface area contributed by atoms with Gasteiger partial charge in [-0.3, -0.25) is 0 Å². The Morgan fingerprint density at radius 1 is 1.35 bits per heavy atom. The predicted molar refractivity (Wildman–Crippen MR) is 89.9 cm³/mol. The lowest BCUT2D eigenvalue weighted by Gasteiger charge is -2.13. The minimum atomic E-state index is 0.784. The first kappa shape index (κ1) is 13.8. The number of hydrogen-bond acceptors (Lipinski definition) is 2. The van der Waals surface area contributed by atoms with Gasteiger partial charge in [0.1, 0.15) is 0 Å². The largest absolute Gasteiger partial charge is 0.384 e. The number of rotatable bonds is 3. The van der Waals surface area contributed by atoms with E-state index in [9.17, 15) is 0 Å². The second-order valence-corrected chi connectivity index (χ2v) is 6.32. The smallest absolute Gasteiger partial charge is 0.0502 e. The van der Waals surface area contributed by atoms with Crippen molar-refractivity contribution in [3.63, 3.8) is 0 Å². The normalized spacial score (nSPS) is 12.9. The van der Waals surface area contributed by atoms with Crippen LogP contribution in [0.25, 0.3) is 0 Å². The van der Waals surface area contributed by atoms with E-state index in [-0.39, 0.29) is 0 Å². The summed E-state index contributed by atoms with van der Waals surface area (Å²) in [5, 5.41) is 7.70. The van der Waals surface area contributed by atoms with Gasteiger partial charge in [0.2, 0.25) is 0 Å². The van der Waals surface area contributed by atoms with Gasteiger partial charge >= 0.3 is 0 Å². The van der Waals surface area contributed by atoms with Gasteiger partial charge in [0.15, 0.2) is 0 Å². The molecule has 0 saturated carbocycles. The van der Waals surface area contributed by atoms with Crippen LogP contribution in [0.3, 0.4) is 0 Å². The fourth-order valence-electron chi connectivity index (χ4n) is 2.53. The summed E-state index contributed by atoms with van der Waals surface area (Å²) in [5.74, 6) is 0. The average Bonchev–Trinajstić information content (AvgIpc) is 2.90. The Bertz CT molecular complexity index is 655. The summed E-state index contributed by atoms with van der Waals surface area (Å²) in [6.07, 6.45) is 1.11. The van der Waals surface area contributed by atoms with E-state index in [1.807, 2.05) is 19.1 Å². The molecular weight excluding hydrogens is 336 g/mol. The van der Waals surface area contributed by atoms with Crippen LogP contribution in [-0.4, -0.2) is 6.54 Å². The van der Waals surface area contributed by atoms with Gasteiger partial charge in [-0.2, -0.15) is 0 Å². The van der Waals surface area contributed by atoms with Crippen molar-refractivity contribution in [2.24, 2.45) is 0 Å². The second-order valence-electron chi connectivity index (χ2n) is 5.06. The first-order chi connectivity index (χ1) is 9.65. The summed E-state index contributed by atoms with van der Waals surface area (Å²) in [4.78, 5) is 0. The Morgan fingerprint density at radius 2 is 2.20 bits per heavy atom. The summed E-state index contributed by atoms with van der Waals surface area (Å²) in [5.41, 5.74) is 6.09. The molecule has 2 N–H and O–H groups in total. The van der Waals surface area contributed by atoms with Crippen molar-refractivity contribution in [2.75, 3.05) is 17.2 Å². The number of benzene rings is 2. The van der Waals surface area contributed by atoms with Crippen LogP contribution in [0.15, 0.2) is 34.8 Å². The summed E-state index contributed by atoms with van der Waals surface area (Å²) >= 11 is 9.77. The minimum absolute atomic E-state index is 0.784. The molecule has 2 aromatic carbocycles. The lowest BCUT2D eigenvalue weighted by molar-refractivity contribution is 1.11. The molecule has 0 aliphatic carbocycles. The van der Waals surface area contributed by atoms with Gasteiger partial charge in [0, 0.05) is 28.3 Å². The number of fused-ring (bicyclic) bond motifs is 1. The van der Waals surface area contributed by atoms with Crippen molar-refractivity contribution < 1.29 is 0 Å². The fourth-order valence-corrected chi connectivity index (χ4v) is 3.29. The zero-order valence-electron chi connectivity index (χ0n) is 11.3. The number of aryl methyl sites for hydroxylation is 1. The molecule has 0 bridgehead atoms. The molecule has 0 amide bonds. The van der Waals surface area contributed by atoms with E-state index in [1.165, 1.54) is 16.8 Å². The molecule has 2 nitrogen and oxygen atoms in total. The number of halogens is 2. The van der Waals surface area contributed by atoms with Crippen LogP contribution in [0.1, 0.15) is 16.7 Å². The van der Waals surface area contributed by atoms with Crippen molar-refractivity contribution in [3.05, 3.63) is 56.5 Å². The molecule has 0 atom stereocenters. The molecule has 1 aliphatic rings. The van der Waals surface area contributed by atoms with E-state index in [0.717, 1.165) is 40.3 Å². The standard InChI is InChI=1S/C16H16BrClN2/c1-10-7-13(17)15(8-14(10)18)20-9-12-4-2-3-11-5-6-19-16(11)12/h2-4,7-8,19-20H,5-6,9H2,1H3. The molecule has 0 radical (unpaired) electrons. The van der Waals surface area contributed by atoms with Crippen molar-refractivity contribution >= 4 is 38.9 Å². The third kappa shape index (κ3) is 2.65. The summed E-state index contributed by atoms with van der Waals surface area (Å²) in [6.45, 7) is 3.82. The number of para-hydroxylation sites is 1. The van der Waals surface area contributed by atoms with Crippen molar-refractivity contribution in [2.45, 2.75) is 19.9 Å². The van der Waals surface area contributed by atoms with Crippen LogP contribution in [0.2, 0.25) is 5.02 Å². The SMILES string of the molecule is Cc1cc(Br)c(NCc2cccc3c2NCC3)cc1Cl. The van der Waals surface area contributed by atoms with Crippen LogP contribution in [0.5, 0.6) is 0 Å². The number of anilines is 2. The van der Waals surface area contributed by atoms with Gasteiger partial charge < -0.3 is 10.6 Å². The highest BCUT2D eigenvalue weighted by molar-refractivity contribution is 9.10. The molecule has 4 heteroatoms. The van der Waals surface area contributed by atoms with Crippen LogP contribution in [-0.2, 0) is 13.0 Å². The van der Waals surface area contributed by atoms with Gasteiger partial charge in [-0.05, 0) is 58.1 Å². The van der Waals surface area contributed by atoms with Crippen LogP contribution < -0.4 is 10.6 Å². The Morgan fingerprint density at radius 3 is 3.05 bits per heavy atom. The van der Waals surface area contributed by atoms with Crippen molar-refractivity contribution in [1.82, 2.24) is 0 Å². The van der Waals surface area contributed by atoms with Gasteiger partial charge in [-0.25, -0.2) is 0 Å². The Balaban J connectivity index is 1.81. The third-order valence-electron chi connectivity index (χ3n) is 3.65. The number of nitrogens with one attached hydrogen (secondary N) is 2. The molecule has 0 fully saturated rings. The highest BCUT2D eigenvalue weighted by Gasteiger charge is 2.13. The van der Waals surface area contributed by atoms with E-state index in [4.69, 9.17) is 11.6 Å². The zero-order valence-corrected chi connectivity index (χ0v) is 13.6. The third-order valence-corrected chi connectivity index (χ3v) is 4.71. The Hall–Kier alpha value is -1.19. The monoisotopic (exact) mass is 350 g/mol. The predicted octanol–water partition coefficient (Wildman–Crippen LogP) is 4.99. The molecule has 104 valence electrons. The van der Waals surface area contributed by atoms with Gasteiger partial charge in [0.05, 0.1) is 5.69 Å². The van der Waals surface area contributed by atoms with E-state index >= 15 is 0 Å². The molecule has 1 heterocycles. The van der Waals surface area contributed by atoms with Gasteiger partial charge in [0.25, 0.3) is 0 Å². The highest BCUT2D eigenvalue weighted by Crippen LogP contribution is 2.31. The molecule has 0 unspecified atom stereocenters. The van der Waals surface area contributed by atoms with Crippen LogP contribution >= 0.6 is 27.5 Å². The Labute approximate surface area is 132 Å². The van der Waals surface area contributed by atoms with E-state index in [1.54, 1.807) is 0 Å². The minimum Gasteiger partial charge on any atom is -0.384 e. The summed E-state index contributed by atoms with van der Waals surface area (Å²) in [7, 11) is 0. The summed E-state index contributed by atoms with van der Waals surface area (Å²) < 4.78 is 1.04. The lowest BCUT2D eigenvalue weighted by atomic mass is 10.1. The maximum Gasteiger partial charge on any atom is 0.0502 e. The maximum absolute atomic E-state index is 6.19. The highest BCUT2D eigenvalue weighted by atomic mass is 79.9. The molecular formula is C16H16BrClN2. The molecule has 0 spiro atoms. The van der Waals surface area contributed by atoms with E-state index in [2.05, 4.69) is 44.8 Å². The quantitative estimate of drug-likeness (QED) is 0.814. The maximum atomic E-state index is 6.19. The summed E-state index contributed by atoms with van der Waals surface area (Å²) in [6, 6.07) is 10.5. The van der Waals surface area contributed by atoms with E-state index < -0.39 is 0 Å². The second kappa shape index (κ2) is 5.66. The van der Waals surface area contributed by atoms with Crippen LogP contribution in [0.4, 0.5) is 11.4 Å². The molecule has 1 aliphatic heterocycles. The first-order valence-electron chi connectivity index (χ1n) is 6.69. The molecule has 0 saturated heterocycles. The molecule has 20 heavy (non-hydrogen) atoms. The van der Waals surface area contributed by atoms with Crippen LogP contribution in [0, 0.1) is 6.92 Å². The molecule has 2 aromatic rings. The van der Waals surface area contributed by atoms with Gasteiger partial charge in [-0.15, -0.1) is 0 Å². The van der Waals surface area contributed by atoms with E-state index in [0.29, 0.717) is 0 Å². The Kier molecular flexibility index (Phi) is 3.90. The number of hydrogen-bond donors (Lipinski definition) is 2.